The standard InChI is InChI=1S/C21H25F5N2O5/c1-9(2)8-11(19(30)32-17-15(25)13(23)12(22)14(24)16(17)26)28-7-6-10(18(28)29)27-20(31)33-21(3,4)5/h9-11H,6-8H2,1-5H3,(H,27,31)/t10-,11+/m1/s1. The number of halogens is 5. The van der Waals surface area contributed by atoms with Crippen molar-refractivity contribution >= 4 is 18.0 Å². The Hall–Kier alpha value is -2.92. The summed E-state index contributed by atoms with van der Waals surface area (Å²) in [6.07, 6.45) is -0.784. The van der Waals surface area contributed by atoms with E-state index in [4.69, 9.17) is 4.74 Å². The number of hydrogen-bond donors (Lipinski definition) is 1. The van der Waals surface area contributed by atoms with Crippen LogP contribution in [0.4, 0.5) is 26.7 Å². The van der Waals surface area contributed by atoms with E-state index in [9.17, 15) is 36.3 Å². The van der Waals surface area contributed by atoms with E-state index in [1.54, 1.807) is 34.6 Å². The molecule has 0 aromatic heterocycles. The number of ether oxygens (including phenoxy) is 2. The minimum Gasteiger partial charge on any atom is -0.444 e. The van der Waals surface area contributed by atoms with E-state index in [1.165, 1.54) is 0 Å². The molecule has 0 bridgehead atoms. The smallest absolute Gasteiger partial charge is 0.408 e. The molecule has 0 saturated carbocycles. The van der Waals surface area contributed by atoms with Crippen molar-refractivity contribution < 1.29 is 45.8 Å². The monoisotopic (exact) mass is 480 g/mol. The molecule has 12 heteroatoms. The van der Waals surface area contributed by atoms with Crippen LogP contribution in [-0.4, -0.2) is 47.1 Å². The molecule has 1 aromatic carbocycles. The topological polar surface area (TPSA) is 84.9 Å². The number of rotatable bonds is 6. The molecule has 33 heavy (non-hydrogen) atoms. The Morgan fingerprint density at radius 2 is 1.55 bits per heavy atom. The third-order valence-corrected chi connectivity index (χ3v) is 4.65. The van der Waals surface area contributed by atoms with Gasteiger partial charge in [0.15, 0.2) is 0 Å². The third kappa shape index (κ3) is 6.11. The van der Waals surface area contributed by atoms with Crippen molar-refractivity contribution in [3.8, 4) is 5.75 Å². The van der Waals surface area contributed by atoms with Crippen molar-refractivity contribution in [1.29, 1.82) is 0 Å². The average molecular weight is 480 g/mol. The molecule has 1 fully saturated rings. The highest BCUT2D eigenvalue weighted by molar-refractivity contribution is 5.91. The minimum atomic E-state index is -2.39. The zero-order chi connectivity index (χ0) is 25.2. The molecule has 1 saturated heterocycles. The summed E-state index contributed by atoms with van der Waals surface area (Å²) in [5.41, 5.74) is -0.816. The molecule has 0 spiro atoms. The van der Waals surface area contributed by atoms with Crippen LogP contribution in [-0.2, 0) is 14.3 Å². The number of nitrogens with one attached hydrogen (secondary N) is 1. The number of likely N-dealkylation sites (tertiary alicyclic amines) is 1. The molecule has 2 atom stereocenters. The van der Waals surface area contributed by atoms with E-state index in [-0.39, 0.29) is 25.3 Å². The van der Waals surface area contributed by atoms with Crippen LogP contribution in [0.25, 0.3) is 0 Å². The van der Waals surface area contributed by atoms with Gasteiger partial charge in [-0.1, -0.05) is 13.8 Å². The summed E-state index contributed by atoms with van der Waals surface area (Å²) in [5, 5.41) is 2.39. The van der Waals surface area contributed by atoms with Crippen LogP contribution in [0.3, 0.4) is 0 Å². The fourth-order valence-electron chi connectivity index (χ4n) is 3.24. The van der Waals surface area contributed by atoms with E-state index >= 15 is 0 Å². The van der Waals surface area contributed by atoms with Crippen molar-refractivity contribution in [2.45, 2.75) is 65.1 Å². The highest BCUT2D eigenvalue weighted by Gasteiger charge is 2.42. The molecule has 1 aromatic rings. The van der Waals surface area contributed by atoms with Gasteiger partial charge in [-0.2, -0.15) is 8.78 Å². The van der Waals surface area contributed by atoms with Crippen LogP contribution in [0.5, 0.6) is 5.75 Å². The van der Waals surface area contributed by atoms with Crippen molar-refractivity contribution in [3.63, 3.8) is 0 Å². The molecule has 0 aliphatic carbocycles. The van der Waals surface area contributed by atoms with Crippen LogP contribution in [0.1, 0.15) is 47.5 Å². The van der Waals surface area contributed by atoms with E-state index < -0.39 is 70.5 Å². The van der Waals surface area contributed by atoms with Crippen molar-refractivity contribution in [3.05, 3.63) is 29.1 Å². The van der Waals surface area contributed by atoms with Gasteiger partial charge in [0.1, 0.15) is 17.7 Å². The second kappa shape index (κ2) is 9.92. The van der Waals surface area contributed by atoms with Crippen LogP contribution in [0.15, 0.2) is 0 Å². The summed E-state index contributed by atoms with van der Waals surface area (Å²) < 4.78 is 77.7. The molecule has 1 N–H and O–H groups in total. The Morgan fingerprint density at radius 1 is 1.03 bits per heavy atom. The van der Waals surface area contributed by atoms with Gasteiger partial charge in [0.05, 0.1) is 0 Å². The summed E-state index contributed by atoms with van der Waals surface area (Å²) >= 11 is 0. The van der Waals surface area contributed by atoms with E-state index in [1.807, 2.05) is 0 Å². The second-order valence-electron chi connectivity index (χ2n) is 8.98. The Balaban J connectivity index is 2.24. The summed E-state index contributed by atoms with van der Waals surface area (Å²) in [4.78, 5) is 38.5. The Bertz CT molecular complexity index is 919. The van der Waals surface area contributed by atoms with E-state index in [2.05, 4.69) is 10.1 Å². The molecular weight excluding hydrogens is 455 g/mol. The lowest BCUT2D eigenvalue weighted by molar-refractivity contribution is -0.147. The normalized spacial score (nSPS) is 17.4. The molecule has 1 aliphatic heterocycles. The summed E-state index contributed by atoms with van der Waals surface area (Å²) in [6, 6.07) is -2.42. The quantitative estimate of drug-likeness (QED) is 0.220. The predicted molar refractivity (Wildman–Crippen MR) is 105 cm³/mol. The predicted octanol–water partition coefficient (Wildman–Crippen LogP) is 3.83. The lowest BCUT2D eigenvalue weighted by Crippen LogP contribution is -2.49. The molecule has 0 radical (unpaired) electrons. The highest BCUT2D eigenvalue weighted by atomic mass is 19.2. The first-order valence-corrected chi connectivity index (χ1v) is 10.2. The van der Waals surface area contributed by atoms with Gasteiger partial charge in [-0.3, -0.25) is 4.79 Å². The fourth-order valence-corrected chi connectivity index (χ4v) is 3.24. The first kappa shape index (κ1) is 26.3. The summed E-state index contributed by atoms with van der Waals surface area (Å²) in [5.74, 6) is -15.6. The minimum absolute atomic E-state index is 0.0249. The number of carbonyl (C=O) groups is 3. The van der Waals surface area contributed by atoms with E-state index in [0.29, 0.717) is 0 Å². The first-order chi connectivity index (χ1) is 15.1. The van der Waals surface area contributed by atoms with Crippen LogP contribution in [0.2, 0.25) is 0 Å². The van der Waals surface area contributed by atoms with Crippen molar-refractivity contribution in [2.24, 2.45) is 5.92 Å². The molecule has 2 amide bonds. The van der Waals surface area contributed by atoms with E-state index in [0.717, 1.165) is 4.90 Å². The number of hydrogen-bond acceptors (Lipinski definition) is 5. The maximum Gasteiger partial charge on any atom is 0.408 e. The van der Waals surface area contributed by atoms with Gasteiger partial charge in [-0.05, 0) is 39.5 Å². The molecule has 184 valence electrons. The maximum atomic E-state index is 13.9. The molecule has 1 heterocycles. The van der Waals surface area contributed by atoms with Crippen LogP contribution < -0.4 is 10.1 Å². The molecule has 7 nitrogen and oxygen atoms in total. The Morgan fingerprint density at radius 3 is 2.03 bits per heavy atom. The average Bonchev–Trinajstić information content (AvgIpc) is 3.04. The largest absolute Gasteiger partial charge is 0.444 e. The Labute approximate surface area is 187 Å². The van der Waals surface area contributed by atoms with Gasteiger partial charge in [0.2, 0.25) is 40.7 Å². The summed E-state index contributed by atoms with van der Waals surface area (Å²) in [6.45, 7) is 8.24. The molecule has 1 aliphatic rings. The van der Waals surface area contributed by atoms with Gasteiger partial charge < -0.3 is 19.7 Å². The number of nitrogens with zero attached hydrogens (tertiary/aromatic N) is 1. The fraction of sp³-hybridized carbons (Fsp3) is 0.571. The third-order valence-electron chi connectivity index (χ3n) is 4.65. The first-order valence-electron chi connectivity index (χ1n) is 10.2. The van der Waals surface area contributed by atoms with Gasteiger partial charge in [-0.25, -0.2) is 22.8 Å². The number of amides is 2. The second-order valence-corrected chi connectivity index (χ2v) is 8.98. The number of alkyl carbamates (subject to hydrolysis) is 1. The number of esters is 1. The SMILES string of the molecule is CC(C)C[C@@H](C(=O)Oc1c(F)c(F)c(F)c(F)c1F)N1CC[C@@H](NC(=O)OC(C)(C)C)C1=O. The van der Waals surface area contributed by atoms with Gasteiger partial charge in [-0.15, -0.1) is 0 Å². The molecule has 0 unspecified atom stereocenters. The zero-order valence-corrected chi connectivity index (χ0v) is 18.7. The van der Waals surface area contributed by atoms with Crippen LogP contribution >= 0.6 is 0 Å². The maximum absolute atomic E-state index is 13.9. The van der Waals surface area contributed by atoms with Crippen molar-refractivity contribution in [2.75, 3.05) is 6.54 Å². The lowest BCUT2D eigenvalue weighted by atomic mass is 10.0. The summed E-state index contributed by atoms with van der Waals surface area (Å²) in [7, 11) is 0. The molecular formula is C21H25F5N2O5. The van der Waals surface area contributed by atoms with Crippen LogP contribution in [0, 0.1) is 35.0 Å². The number of carbonyl (C=O) groups excluding carboxylic acids is 3. The van der Waals surface area contributed by atoms with Gasteiger partial charge in [0, 0.05) is 6.54 Å². The molecule has 2 rings (SSSR count). The Kier molecular flexibility index (Phi) is 7.91. The zero-order valence-electron chi connectivity index (χ0n) is 18.7. The van der Waals surface area contributed by atoms with Gasteiger partial charge in [0.25, 0.3) is 0 Å². The lowest BCUT2D eigenvalue weighted by Gasteiger charge is -2.28. The van der Waals surface area contributed by atoms with Gasteiger partial charge >= 0.3 is 12.1 Å². The highest BCUT2D eigenvalue weighted by Crippen LogP contribution is 2.30. The van der Waals surface area contributed by atoms with Crippen molar-refractivity contribution in [1.82, 2.24) is 10.2 Å². The number of benzene rings is 1.